The molecule has 2 aliphatic rings. The fourth-order valence-corrected chi connectivity index (χ4v) is 4.99. The first kappa shape index (κ1) is 22.6. The molecule has 2 N–H and O–H groups in total. The first-order valence-electron chi connectivity index (χ1n) is 12.5. The first-order chi connectivity index (χ1) is 16.6. The topological polar surface area (TPSA) is 79.1 Å². The molecule has 7 nitrogen and oxygen atoms in total. The highest BCUT2D eigenvalue weighted by molar-refractivity contribution is 5.92. The van der Waals surface area contributed by atoms with Gasteiger partial charge in [-0.05, 0) is 44.0 Å². The van der Waals surface area contributed by atoms with Gasteiger partial charge >= 0.3 is 0 Å². The lowest BCUT2D eigenvalue weighted by molar-refractivity contribution is 0.414. The minimum Gasteiger partial charge on any atom is -0.507 e. The second-order valence-electron chi connectivity index (χ2n) is 9.14. The number of phenolic OH excluding ortho intramolecular Hbond substituents is 1. The van der Waals surface area contributed by atoms with Crippen molar-refractivity contribution in [3.63, 3.8) is 0 Å². The van der Waals surface area contributed by atoms with E-state index in [2.05, 4.69) is 33.5 Å². The summed E-state index contributed by atoms with van der Waals surface area (Å²) < 4.78 is 1.78. The van der Waals surface area contributed by atoms with Crippen molar-refractivity contribution in [1.82, 2.24) is 25.1 Å². The number of rotatable bonds is 3. The number of fused-ring (bicyclic) bond motifs is 2. The predicted octanol–water partition coefficient (Wildman–Crippen LogP) is 4.90. The zero-order chi connectivity index (χ0) is 23.8. The van der Waals surface area contributed by atoms with Crippen LogP contribution in [0.15, 0.2) is 30.5 Å². The molecular formula is C27H34N6O. The number of benzene rings is 2. The van der Waals surface area contributed by atoms with Gasteiger partial charge in [0.2, 0.25) is 0 Å². The highest BCUT2D eigenvalue weighted by Crippen LogP contribution is 2.42. The zero-order valence-corrected chi connectivity index (χ0v) is 20.6. The summed E-state index contributed by atoms with van der Waals surface area (Å²) in [6.45, 7) is 9.96. The summed E-state index contributed by atoms with van der Waals surface area (Å²) >= 11 is 0. The third-order valence-corrected chi connectivity index (χ3v) is 7.05. The van der Waals surface area contributed by atoms with Gasteiger partial charge in [-0.2, -0.15) is 5.10 Å². The van der Waals surface area contributed by atoms with E-state index in [1.54, 1.807) is 4.68 Å². The van der Waals surface area contributed by atoms with Gasteiger partial charge in [0.25, 0.3) is 0 Å². The van der Waals surface area contributed by atoms with E-state index in [-0.39, 0.29) is 5.75 Å². The molecular weight excluding hydrogens is 424 g/mol. The molecule has 4 aromatic rings. The average molecular weight is 459 g/mol. The molecule has 6 rings (SSSR count). The zero-order valence-electron chi connectivity index (χ0n) is 20.6. The molecule has 1 saturated carbocycles. The van der Waals surface area contributed by atoms with Crippen molar-refractivity contribution >= 4 is 27.5 Å². The van der Waals surface area contributed by atoms with Gasteiger partial charge in [-0.1, -0.05) is 20.3 Å². The largest absolute Gasteiger partial charge is 0.507 e. The number of nitrogens with one attached hydrogen (secondary N) is 1. The van der Waals surface area contributed by atoms with Crippen molar-refractivity contribution in [2.45, 2.75) is 46.0 Å². The molecule has 2 fully saturated rings. The minimum absolute atomic E-state index is 0.215. The Labute approximate surface area is 200 Å². The van der Waals surface area contributed by atoms with Crippen LogP contribution in [0.3, 0.4) is 0 Å². The van der Waals surface area contributed by atoms with Crippen molar-refractivity contribution in [1.29, 1.82) is 0 Å². The maximum absolute atomic E-state index is 11.0. The van der Waals surface area contributed by atoms with Crippen LogP contribution >= 0.6 is 0 Å². The molecule has 1 aliphatic carbocycles. The fraction of sp³-hybridized carbons (Fsp3) is 0.444. The van der Waals surface area contributed by atoms with Crippen LogP contribution < -0.4 is 10.2 Å². The summed E-state index contributed by atoms with van der Waals surface area (Å²) in [4.78, 5) is 12.4. The molecule has 0 atom stereocenters. The summed E-state index contributed by atoms with van der Waals surface area (Å²) in [5.74, 6) is 1.27. The van der Waals surface area contributed by atoms with Crippen molar-refractivity contribution in [3.8, 4) is 17.1 Å². The summed E-state index contributed by atoms with van der Waals surface area (Å²) in [5, 5.41) is 21.0. The lowest BCUT2D eigenvalue weighted by Crippen LogP contribution is -2.43. The second kappa shape index (κ2) is 9.22. The van der Waals surface area contributed by atoms with Gasteiger partial charge in [-0.3, -0.25) is 4.68 Å². The molecule has 34 heavy (non-hydrogen) atoms. The molecule has 3 heterocycles. The third kappa shape index (κ3) is 3.88. The maximum atomic E-state index is 11.0. The van der Waals surface area contributed by atoms with E-state index in [1.807, 2.05) is 40.1 Å². The average Bonchev–Trinajstić information content (AvgIpc) is 3.22. The summed E-state index contributed by atoms with van der Waals surface area (Å²) in [6.07, 6.45) is 5.54. The fourth-order valence-electron chi connectivity index (χ4n) is 4.99. The van der Waals surface area contributed by atoms with Crippen molar-refractivity contribution < 1.29 is 5.11 Å². The van der Waals surface area contributed by atoms with Gasteiger partial charge in [0, 0.05) is 67.4 Å². The van der Waals surface area contributed by atoms with Crippen LogP contribution in [0, 0.1) is 6.92 Å². The third-order valence-electron chi connectivity index (χ3n) is 7.05. The highest BCUT2D eigenvalue weighted by atomic mass is 16.3. The molecule has 2 aromatic carbocycles. The molecule has 0 amide bonds. The Kier molecular flexibility index (Phi) is 6.13. The van der Waals surface area contributed by atoms with Crippen LogP contribution in [0.2, 0.25) is 0 Å². The van der Waals surface area contributed by atoms with Gasteiger partial charge in [-0.25, -0.2) is 9.97 Å². The van der Waals surface area contributed by atoms with E-state index in [9.17, 15) is 5.11 Å². The minimum atomic E-state index is 0.215. The number of phenols is 1. The van der Waals surface area contributed by atoms with Gasteiger partial charge in [-0.15, -0.1) is 0 Å². The monoisotopic (exact) mass is 458 g/mol. The Morgan fingerprint density at radius 3 is 2.53 bits per heavy atom. The van der Waals surface area contributed by atoms with Crippen LogP contribution in [0.1, 0.15) is 50.3 Å². The molecule has 0 bridgehead atoms. The van der Waals surface area contributed by atoms with Crippen LogP contribution in [-0.2, 0) is 7.05 Å². The summed E-state index contributed by atoms with van der Waals surface area (Å²) in [7, 11) is 1.90. The maximum Gasteiger partial charge on any atom is 0.163 e. The number of aromatic hydroxyl groups is 1. The number of hydrogen-bond acceptors (Lipinski definition) is 6. The van der Waals surface area contributed by atoms with E-state index >= 15 is 0 Å². The number of piperazine rings is 1. The normalized spacial score (nSPS) is 16.4. The van der Waals surface area contributed by atoms with Crippen molar-refractivity contribution in [3.05, 3.63) is 41.7 Å². The van der Waals surface area contributed by atoms with Crippen molar-refractivity contribution in [2.75, 3.05) is 31.1 Å². The molecule has 1 aliphatic heterocycles. The lowest BCUT2D eigenvalue weighted by atomic mass is 9.81. The number of aryl methyl sites for hydroxylation is 2. The van der Waals surface area contributed by atoms with Gasteiger partial charge in [0.15, 0.2) is 5.82 Å². The van der Waals surface area contributed by atoms with Crippen molar-refractivity contribution in [2.24, 2.45) is 7.05 Å². The number of hydrogen-bond donors (Lipinski definition) is 2. The number of anilines is 1. The lowest BCUT2D eigenvalue weighted by Gasteiger charge is -2.30. The Hall–Kier alpha value is -3.19. The quantitative estimate of drug-likeness (QED) is 0.455. The van der Waals surface area contributed by atoms with E-state index in [4.69, 9.17) is 9.97 Å². The molecule has 0 radical (unpaired) electrons. The van der Waals surface area contributed by atoms with Crippen LogP contribution in [0.5, 0.6) is 5.75 Å². The van der Waals surface area contributed by atoms with Gasteiger partial charge < -0.3 is 15.3 Å². The van der Waals surface area contributed by atoms with Gasteiger partial charge in [0.1, 0.15) is 5.75 Å². The first-order valence-corrected chi connectivity index (χ1v) is 12.5. The Bertz CT molecular complexity index is 1330. The second-order valence-corrected chi connectivity index (χ2v) is 9.14. The Balaban J connectivity index is 0.00000117. The van der Waals surface area contributed by atoms with Gasteiger partial charge in [0.05, 0.1) is 22.3 Å². The molecule has 7 heteroatoms. The molecule has 0 spiro atoms. The molecule has 2 aromatic heterocycles. The van der Waals surface area contributed by atoms with E-state index < -0.39 is 0 Å². The van der Waals surface area contributed by atoms with Crippen LogP contribution in [0.4, 0.5) is 5.69 Å². The Morgan fingerprint density at radius 2 is 1.82 bits per heavy atom. The van der Waals surface area contributed by atoms with E-state index in [1.165, 1.54) is 12.1 Å². The van der Waals surface area contributed by atoms with E-state index in [0.29, 0.717) is 17.3 Å². The molecule has 0 unspecified atom stereocenters. The Morgan fingerprint density at radius 1 is 1.06 bits per heavy atom. The molecule has 1 saturated heterocycles. The molecule has 178 valence electrons. The van der Waals surface area contributed by atoms with Crippen LogP contribution in [-0.4, -0.2) is 51.0 Å². The van der Waals surface area contributed by atoms with Crippen LogP contribution in [0.25, 0.3) is 33.2 Å². The SMILES string of the molecule is CC.Cc1c(O)c(-c2nc(C3CCC3)c3cc(N4CCNCC4)ccc3n2)cc2cn(C)nc12. The summed E-state index contributed by atoms with van der Waals surface area (Å²) in [5.41, 5.74) is 5.56. The van der Waals surface area contributed by atoms with E-state index in [0.717, 1.165) is 72.1 Å². The smallest absolute Gasteiger partial charge is 0.163 e. The standard InChI is InChI=1S/C25H28N6O.C2H6/c1-15-22-17(14-30(2)29-22)12-20(24(15)32)25-27-21-7-6-18(31-10-8-26-9-11-31)13-19(21)23(28-25)16-4-3-5-16;1-2/h6-7,12-14,16,26,32H,3-5,8-11H2,1-2H3;1-2H3. The number of aromatic nitrogens is 4. The highest BCUT2D eigenvalue weighted by Gasteiger charge is 2.26. The predicted molar refractivity (Wildman–Crippen MR) is 139 cm³/mol. The summed E-state index contributed by atoms with van der Waals surface area (Å²) in [6, 6.07) is 8.52. The number of nitrogens with zero attached hydrogens (tertiary/aromatic N) is 5.